The summed E-state index contributed by atoms with van der Waals surface area (Å²) in [4.78, 5) is 12.2. The van der Waals surface area contributed by atoms with Crippen molar-refractivity contribution >= 4 is 19.2 Å². The van der Waals surface area contributed by atoms with E-state index in [1.807, 2.05) is 6.92 Å². The highest BCUT2D eigenvalue weighted by Crippen LogP contribution is 2.15. The minimum Gasteiger partial charge on any atom is -0.427 e. The van der Waals surface area contributed by atoms with E-state index < -0.39 is 7.05 Å². The first-order valence-electron chi connectivity index (χ1n) is 4.59. The van der Waals surface area contributed by atoms with E-state index in [9.17, 15) is 9.82 Å². The molecule has 15 heavy (non-hydrogen) atoms. The highest BCUT2D eigenvalue weighted by atomic mass is 16.2. The van der Waals surface area contributed by atoms with Gasteiger partial charge in [-0.1, -0.05) is 24.8 Å². The standard InChI is InChI=1S/C10H13BN2O2/c1-4-5-6-10-8(2)7-12-13(9(3)14)11(10)15/h4-7,15H,1H2,2-3H3/b6-5-. The quantitative estimate of drug-likeness (QED) is 0.536. The Hall–Kier alpha value is -1.62. The molecule has 0 aromatic heterocycles. The molecule has 0 saturated heterocycles. The molecule has 1 heterocycles. The molecule has 0 atom stereocenters. The molecule has 0 aromatic rings. The molecule has 1 amide bonds. The molecule has 0 unspecified atom stereocenters. The van der Waals surface area contributed by atoms with Crippen molar-refractivity contribution in [2.24, 2.45) is 5.10 Å². The molecule has 0 saturated carbocycles. The van der Waals surface area contributed by atoms with Gasteiger partial charge in [0.15, 0.2) is 0 Å². The minimum atomic E-state index is -1.01. The van der Waals surface area contributed by atoms with Gasteiger partial charge in [0.2, 0.25) is 5.91 Å². The molecule has 0 bridgehead atoms. The zero-order valence-corrected chi connectivity index (χ0v) is 8.84. The summed E-state index contributed by atoms with van der Waals surface area (Å²) in [6.07, 6.45) is 6.58. The molecule has 78 valence electrons. The fourth-order valence-corrected chi connectivity index (χ4v) is 1.26. The van der Waals surface area contributed by atoms with Gasteiger partial charge in [0.25, 0.3) is 0 Å². The number of rotatable bonds is 2. The second-order valence-corrected chi connectivity index (χ2v) is 3.21. The fourth-order valence-electron chi connectivity index (χ4n) is 1.26. The van der Waals surface area contributed by atoms with E-state index in [0.29, 0.717) is 5.47 Å². The molecule has 0 aliphatic carbocycles. The fraction of sp³-hybridized carbons (Fsp3) is 0.200. The summed E-state index contributed by atoms with van der Waals surface area (Å²) < 4.78 is 0. The topological polar surface area (TPSA) is 52.9 Å². The smallest absolute Gasteiger partial charge is 0.427 e. The maximum absolute atomic E-state index is 11.1. The number of allylic oxidation sites excluding steroid dienone is 5. The molecule has 0 fully saturated rings. The predicted molar refractivity (Wildman–Crippen MR) is 61.0 cm³/mol. The zero-order valence-electron chi connectivity index (χ0n) is 8.84. The van der Waals surface area contributed by atoms with Crippen molar-refractivity contribution in [3.63, 3.8) is 0 Å². The SMILES string of the molecule is C=C/C=C\C1=C(C)C=NN(C(C)=O)B1O. The predicted octanol–water partition coefficient (Wildman–Crippen LogP) is 0.913. The average molecular weight is 204 g/mol. The first-order chi connectivity index (χ1) is 7.07. The molecule has 0 radical (unpaired) electrons. The van der Waals surface area contributed by atoms with Gasteiger partial charge in [0.05, 0.1) is 0 Å². The number of hydrogen-bond donors (Lipinski definition) is 1. The van der Waals surface area contributed by atoms with Crippen LogP contribution in [-0.4, -0.2) is 29.1 Å². The molecule has 0 aromatic carbocycles. The summed E-state index contributed by atoms with van der Waals surface area (Å²) in [6.45, 7) is 6.73. The van der Waals surface area contributed by atoms with Gasteiger partial charge in [-0.15, -0.1) is 0 Å². The molecular formula is C10H13BN2O2. The number of hydrazone groups is 1. The van der Waals surface area contributed by atoms with Crippen molar-refractivity contribution in [2.45, 2.75) is 13.8 Å². The number of hydrogen-bond acceptors (Lipinski definition) is 3. The van der Waals surface area contributed by atoms with Crippen LogP contribution in [0.25, 0.3) is 0 Å². The van der Waals surface area contributed by atoms with Gasteiger partial charge in [0.1, 0.15) is 0 Å². The second kappa shape index (κ2) is 4.75. The lowest BCUT2D eigenvalue weighted by Crippen LogP contribution is -2.42. The third kappa shape index (κ3) is 2.44. The maximum atomic E-state index is 11.1. The average Bonchev–Trinajstić information content (AvgIpc) is 2.17. The maximum Gasteiger partial charge on any atom is 0.474 e. The Morgan fingerprint density at radius 2 is 2.40 bits per heavy atom. The molecule has 1 N–H and O–H groups in total. The molecule has 1 aliphatic rings. The summed E-state index contributed by atoms with van der Waals surface area (Å²) in [5, 5.41) is 13.7. The van der Waals surface area contributed by atoms with Gasteiger partial charge in [0, 0.05) is 13.1 Å². The Bertz CT molecular complexity index is 372. The minimum absolute atomic E-state index is 0.296. The number of amides is 1. The lowest BCUT2D eigenvalue weighted by atomic mass is 9.69. The number of carbonyl (C=O) groups is 1. The van der Waals surface area contributed by atoms with Crippen LogP contribution < -0.4 is 0 Å². The molecule has 1 rings (SSSR count). The van der Waals surface area contributed by atoms with E-state index in [0.717, 1.165) is 10.5 Å². The van der Waals surface area contributed by atoms with Crippen LogP contribution in [0.1, 0.15) is 13.8 Å². The number of carbonyl (C=O) groups excluding carboxylic acids is 1. The van der Waals surface area contributed by atoms with E-state index in [1.165, 1.54) is 6.92 Å². The van der Waals surface area contributed by atoms with Crippen molar-refractivity contribution in [2.75, 3.05) is 0 Å². The Morgan fingerprint density at radius 1 is 1.73 bits per heavy atom. The molecule has 4 nitrogen and oxygen atoms in total. The third-order valence-electron chi connectivity index (χ3n) is 2.08. The van der Waals surface area contributed by atoms with Crippen LogP contribution in [0.15, 0.2) is 41.0 Å². The molecule has 5 heteroatoms. The molecule has 0 spiro atoms. The normalized spacial score (nSPS) is 16.5. The summed E-state index contributed by atoms with van der Waals surface area (Å²) in [6, 6.07) is 0. The zero-order chi connectivity index (χ0) is 11.4. The largest absolute Gasteiger partial charge is 0.474 e. The van der Waals surface area contributed by atoms with E-state index in [2.05, 4.69) is 11.7 Å². The highest BCUT2D eigenvalue weighted by molar-refractivity contribution is 6.60. The molecule has 1 aliphatic heterocycles. The Morgan fingerprint density at radius 3 is 2.93 bits per heavy atom. The highest BCUT2D eigenvalue weighted by Gasteiger charge is 2.31. The Balaban J connectivity index is 3.01. The van der Waals surface area contributed by atoms with Crippen LogP contribution in [0.4, 0.5) is 0 Å². The Labute approximate surface area is 89.4 Å². The van der Waals surface area contributed by atoms with Crippen LogP contribution in [0, 0.1) is 0 Å². The van der Waals surface area contributed by atoms with Gasteiger partial charge in [-0.3, -0.25) is 4.79 Å². The van der Waals surface area contributed by atoms with Crippen LogP contribution in [0.3, 0.4) is 0 Å². The van der Waals surface area contributed by atoms with Gasteiger partial charge in [-0.05, 0) is 18.0 Å². The lowest BCUT2D eigenvalue weighted by molar-refractivity contribution is -0.125. The van der Waals surface area contributed by atoms with Crippen LogP contribution in [-0.2, 0) is 4.79 Å². The van der Waals surface area contributed by atoms with Gasteiger partial charge < -0.3 is 5.02 Å². The number of nitrogens with zero attached hydrogens (tertiary/aromatic N) is 2. The van der Waals surface area contributed by atoms with Crippen LogP contribution in [0.2, 0.25) is 0 Å². The summed E-state index contributed by atoms with van der Waals surface area (Å²) in [5.41, 5.74) is 1.48. The van der Waals surface area contributed by atoms with Gasteiger partial charge >= 0.3 is 7.05 Å². The van der Waals surface area contributed by atoms with Crippen LogP contribution in [0.5, 0.6) is 0 Å². The monoisotopic (exact) mass is 204 g/mol. The summed E-state index contributed by atoms with van der Waals surface area (Å²) >= 11 is 0. The first kappa shape index (κ1) is 11.5. The Kier molecular flexibility index (Phi) is 3.63. The van der Waals surface area contributed by atoms with E-state index >= 15 is 0 Å². The third-order valence-corrected chi connectivity index (χ3v) is 2.08. The first-order valence-corrected chi connectivity index (χ1v) is 4.59. The van der Waals surface area contributed by atoms with Crippen molar-refractivity contribution < 1.29 is 9.82 Å². The van der Waals surface area contributed by atoms with E-state index in [1.54, 1.807) is 24.4 Å². The van der Waals surface area contributed by atoms with Crippen molar-refractivity contribution in [3.8, 4) is 0 Å². The van der Waals surface area contributed by atoms with Gasteiger partial charge in [-0.25, -0.2) is 4.92 Å². The van der Waals surface area contributed by atoms with E-state index in [4.69, 9.17) is 0 Å². The summed E-state index contributed by atoms with van der Waals surface area (Å²) in [7, 11) is -1.01. The van der Waals surface area contributed by atoms with Crippen molar-refractivity contribution in [3.05, 3.63) is 35.9 Å². The van der Waals surface area contributed by atoms with E-state index in [-0.39, 0.29) is 5.91 Å². The van der Waals surface area contributed by atoms with Crippen molar-refractivity contribution in [1.29, 1.82) is 0 Å². The molecular weight excluding hydrogens is 191 g/mol. The van der Waals surface area contributed by atoms with Crippen LogP contribution >= 0.6 is 0 Å². The summed E-state index contributed by atoms with van der Waals surface area (Å²) in [5.74, 6) is -0.296. The second-order valence-electron chi connectivity index (χ2n) is 3.21. The van der Waals surface area contributed by atoms with Gasteiger partial charge in [-0.2, -0.15) is 5.10 Å². The lowest BCUT2D eigenvalue weighted by Gasteiger charge is -2.23. The van der Waals surface area contributed by atoms with Crippen molar-refractivity contribution in [1.82, 2.24) is 4.92 Å².